The molecule has 0 aliphatic heterocycles. The molecule has 1 aromatic carbocycles. The fourth-order valence-corrected chi connectivity index (χ4v) is 1.99. The van der Waals surface area contributed by atoms with Crippen LogP contribution in [0.3, 0.4) is 0 Å². The summed E-state index contributed by atoms with van der Waals surface area (Å²) in [5, 5.41) is 2.64. The average Bonchev–Trinajstić information content (AvgIpc) is 2.54. The van der Waals surface area contributed by atoms with Gasteiger partial charge in [0.2, 0.25) is 0 Å². The van der Waals surface area contributed by atoms with E-state index in [0.29, 0.717) is 13.0 Å². The molecule has 0 aromatic heterocycles. The van der Waals surface area contributed by atoms with Gasteiger partial charge >= 0.3 is 12.1 Å². The minimum atomic E-state index is -0.519. The third-order valence-electron chi connectivity index (χ3n) is 3.23. The number of nitrogens with one attached hydrogen (secondary N) is 1. The summed E-state index contributed by atoms with van der Waals surface area (Å²) in [6.45, 7) is 4.64. The summed E-state index contributed by atoms with van der Waals surface area (Å²) in [5.41, 5.74) is 0.922. The number of hydrogen-bond acceptors (Lipinski definition) is 4. The molecule has 22 heavy (non-hydrogen) atoms. The topological polar surface area (TPSA) is 64.6 Å². The first-order valence-corrected chi connectivity index (χ1v) is 7.78. The van der Waals surface area contributed by atoms with E-state index in [1.165, 1.54) is 0 Å². The molecule has 5 heteroatoms. The Morgan fingerprint density at radius 1 is 1.14 bits per heavy atom. The maximum atomic E-state index is 11.8. The molecule has 0 spiro atoms. The van der Waals surface area contributed by atoms with Crippen molar-refractivity contribution in [3.63, 3.8) is 0 Å². The first kappa shape index (κ1) is 18.0. The Bertz CT molecular complexity index is 447. The Morgan fingerprint density at radius 2 is 1.86 bits per heavy atom. The molecule has 0 aliphatic carbocycles. The lowest BCUT2D eigenvalue weighted by molar-refractivity contribution is -0.148. The molecule has 0 bridgehead atoms. The van der Waals surface area contributed by atoms with Crippen molar-refractivity contribution < 1.29 is 19.1 Å². The largest absolute Gasteiger partial charge is 0.466 e. The lowest BCUT2D eigenvalue weighted by Gasteiger charge is -2.16. The Hall–Kier alpha value is -2.04. The number of carbonyl (C=O) groups is 2. The summed E-state index contributed by atoms with van der Waals surface area (Å²) >= 11 is 0. The van der Waals surface area contributed by atoms with Crippen LogP contribution in [-0.4, -0.2) is 25.2 Å². The molecule has 1 atom stereocenters. The van der Waals surface area contributed by atoms with Gasteiger partial charge in [0, 0.05) is 6.54 Å². The molecule has 1 rings (SSSR count). The van der Waals surface area contributed by atoms with Gasteiger partial charge < -0.3 is 14.8 Å². The van der Waals surface area contributed by atoms with E-state index < -0.39 is 6.09 Å². The predicted molar refractivity (Wildman–Crippen MR) is 84.3 cm³/mol. The van der Waals surface area contributed by atoms with Crippen LogP contribution < -0.4 is 5.32 Å². The molecule has 1 N–H and O–H groups in total. The molecule has 1 unspecified atom stereocenters. The summed E-state index contributed by atoms with van der Waals surface area (Å²) < 4.78 is 10.2. The molecular weight excluding hydrogens is 282 g/mol. The smallest absolute Gasteiger partial charge is 0.407 e. The first-order valence-electron chi connectivity index (χ1n) is 7.78. The second kappa shape index (κ2) is 10.7. The van der Waals surface area contributed by atoms with Crippen molar-refractivity contribution in [3.8, 4) is 0 Å². The highest BCUT2D eigenvalue weighted by Crippen LogP contribution is 2.10. The van der Waals surface area contributed by atoms with E-state index in [4.69, 9.17) is 9.47 Å². The third kappa shape index (κ3) is 7.11. The number of amides is 1. The van der Waals surface area contributed by atoms with Gasteiger partial charge in [-0.15, -0.1) is 0 Å². The van der Waals surface area contributed by atoms with Gasteiger partial charge in [0.05, 0.1) is 12.5 Å². The van der Waals surface area contributed by atoms with Crippen molar-refractivity contribution in [2.45, 2.75) is 39.7 Å². The van der Waals surface area contributed by atoms with Crippen LogP contribution in [0.1, 0.15) is 38.7 Å². The minimum Gasteiger partial charge on any atom is -0.466 e. The van der Waals surface area contributed by atoms with Crippen molar-refractivity contribution in [1.29, 1.82) is 0 Å². The maximum Gasteiger partial charge on any atom is 0.407 e. The summed E-state index contributed by atoms with van der Waals surface area (Å²) in [7, 11) is 0. The van der Waals surface area contributed by atoms with Gasteiger partial charge in [-0.3, -0.25) is 4.79 Å². The zero-order valence-electron chi connectivity index (χ0n) is 13.3. The number of esters is 1. The van der Waals surface area contributed by atoms with E-state index in [-0.39, 0.29) is 25.0 Å². The normalized spacial score (nSPS) is 11.5. The highest BCUT2D eigenvalue weighted by molar-refractivity contribution is 5.74. The number of ether oxygens (including phenoxy) is 2. The van der Waals surface area contributed by atoms with Gasteiger partial charge in [0.25, 0.3) is 0 Å². The van der Waals surface area contributed by atoms with Crippen LogP contribution in [0.25, 0.3) is 0 Å². The Morgan fingerprint density at radius 3 is 2.50 bits per heavy atom. The minimum absolute atomic E-state index is 0.214. The number of benzene rings is 1. The molecule has 5 nitrogen and oxygen atoms in total. The molecule has 1 amide bonds. The fourth-order valence-electron chi connectivity index (χ4n) is 1.99. The van der Waals surface area contributed by atoms with Crippen LogP contribution in [0.2, 0.25) is 0 Å². The van der Waals surface area contributed by atoms with Crippen LogP contribution >= 0.6 is 0 Å². The van der Waals surface area contributed by atoms with E-state index in [1.54, 1.807) is 6.92 Å². The molecule has 0 fully saturated rings. The monoisotopic (exact) mass is 307 g/mol. The van der Waals surface area contributed by atoms with Gasteiger partial charge in [0.1, 0.15) is 6.61 Å². The standard InChI is InChI=1S/C17H25NO4/c1-3-5-11-15(16(19)21-4-2)12-18-17(20)22-13-14-9-7-6-8-10-14/h6-10,15H,3-5,11-13H2,1-2H3,(H,18,20). The van der Waals surface area contributed by atoms with Crippen LogP contribution in [-0.2, 0) is 20.9 Å². The summed E-state index contributed by atoms with van der Waals surface area (Å²) in [6, 6.07) is 9.45. The van der Waals surface area contributed by atoms with Crippen molar-refractivity contribution in [2.75, 3.05) is 13.2 Å². The summed E-state index contributed by atoms with van der Waals surface area (Å²) in [5.74, 6) is -0.580. The fraction of sp³-hybridized carbons (Fsp3) is 0.529. The quantitative estimate of drug-likeness (QED) is 0.711. The third-order valence-corrected chi connectivity index (χ3v) is 3.23. The van der Waals surface area contributed by atoms with Crippen LogP contribution in [0, 0.1) is 5.92 Å². The number of rotatable bonds is 9. The lowest BCUT2D eigenvalue weighted by atomic mass is 10.0. The number of hydrogen-bond donors (Lipinski definition) is 1. The van der Waals surface area contributed by atoms with Crippen LogP contribution in [0.5, 0.6) is 0 Å². The van der Waals surface area contributed by atoms with Gasteiger partial charge in [-0.05, 0) is 18.9 Å². The molecule has 0 saturated carbocycles. The highest BCUT2D eigenvalue weighted by atomic mass is 16.5. The Labute approximate surface area is 132 Å². The molecule has 122 valence electrons. The second-order valence-electron chi connectivity index (χ2n) is 5.03. The lowest BCUT2D eigenvalue weighted by Crippen LogP contribution is -2.34. The van der Waals surface area contributed by atoms with Crippen molar-refractivity contribution >= 4 is 12.1 Å². The van der Waals surface area contributed by atoms with E-state index in [2.05, 4.69) is 12.2 Å². The van der Waals surface area contributed by atoms with Crippen molar-refractivity contribution in [3.05, 3.63) is 35.9 Å². The van der Waals surface area contributed by atoms with Gasteiger partial charge in [-0.2, -0.15) is 0 Å². The number of unbranched alkanes of at least 4 members (excludes halogenated alkanes) is 1. The van der Waals surface area contributed by atoms with Gasteiger partial charge in [-0.1, -0.05) is 50.1 Å². The van der Waals surface area contributed by atoms with Gasteiger partial charge in [0.15, 0.2) is 0 Å². The maximum absolute atomic E-state index is 11.8. The van der Waals surface area contributed by atoms with E-state index >= 15 is 0 Å². The van der Waals surface area contributed by atoms with Crippen molar-refractivity contribution in [1.82, 2.24) is 5.32 Å². The molecular formula is C17H25NO4. The first-order chi connectivity index (χ1) is 10.7. The molecule has 0 aliphatic rings. The van der Waals surface area contributed by atoms with E-state index in [0.717, 1.165) is 18.4 Å². The van der Waals surface area contributed by atoms with Crippen LogP contribution in [0.15, 0.2) is 30.3 Å². The van der Waals surface area contributed by atoms with Gasteiger partial charge in [-0.25, -0.2) is 4.79 Å². The van der Waals surface area contributed by atoms with E-state index in [9.17, 15) is 9.59 Å². The Kier molecular flexibility index (Phi) is 8.72. The zero-order chi connectivity index (χ0) is 16.2. The SMILES string of the molecule is CCCCC(CNC(=O)OCc1ccccc1)C(=O)OCC. The zero-order valence-corrected chi connectivity index (χ0v) is 13.3. The molecule has 0 saturated heterocycles. The summed E-state index contributed by atoms with van der Waals surface area (Å²) in [4.78, 5) is 23.5. The molecule has 1 aromatic rings. The summed E-state index contributed by atoms with van der Waals surface area (Å²) in [6.07, 6.45) is 2.10. The Balaban J connectivity index is 2.36. The predicted octanol–water partition coefficient (Wildman–Crippen LogP) is 3.28. The molecule has 0 radical (unpaired) electrons. The number of alkyl carbamates (subject to hydrolysis) is 1. The second-order valence-corrected chi connectivity index (χ2v) is 5.03. The number of carbonyl (C=O) groups excluding carboxylic acids is 2. The average molecular weight is 307 g/mol. The van der Waals surface area contributed by atoms with Crippen LogP contribution in [0.4, 0.5) is 4.79 Å². The van der Waals surface area contributed by atoms with E-state index in [1.807, 2.05) is 30.3 Å². The van der Waals surface area contributed by atoms with Crippen molar-refractivity contribution in [2.24, 2.45) is 5.92 Å². The molecule has 0 heterocycles. The highest BCUT2D eigenvalue weighted by Gasteiger charge is 2.20.